The number of H-pyrrole nitrogens is 4. The lowest BCUT2D eigenvalue weighted by atomic mass is 9.91. The molecule has 72 heavy (non-hydrogen) atoms. The molecule has 340 valence electrons. The van der Waals surface area contributed by atoms with Crippen molar-refractivity contribution in [3.63, 3.8) is 0 Å². The maximum Gasteiger partial charge on any atom is 0.0815 e. The summed E-state index contributed by atoms with van der Waals surface area (Å²) in [6.07, 6.45) is 14.4. The number of nitrogens with one attached hydrogen (secondary N) is 4. The molecule has 0 aliphatic carbocycles. The molecule has 0 saturated heterocycles. The first-order valence-corrected chi connectivity index (χ1v) is 24.0. The Bertz CT molecular complexity index is 4010. The van der Waals surface area contributed by atoms with E-state index in [4.69, 9.17) is 9.97 Å². The van der Waals surface area contributed by atoms with Gasteiger partial charge in [0.05, 0.1) is 51.1 Å². The number of rotatable bonds is 4. The Morgan fingerprint density at radius 1 is 0.264 bits per heavy atom. The van der Waals surface area contributed by atoms with E-state index < -0.39 is 0 Å². The number of hydrogen-bond acceptors (Lipinski definition) is 4. The summed E-state index contributed by atoms with van der Waals surface area (Å²) < 4.78 is 0. The normalized spacial score (nSPS) is 12.4. The zero-order chi connectivity index (χ0) is 47.8. The highest BCUT2D eigenvalue weighted by Gasteiger charge is 2.24. The van der Waals surface area contributed by atoms with E-state index in [-0.39, 0.29) is 0 Å². The first kappa shape index (κ1) is 42.2. The van der Waals surface area contributed by atoms with Crippen LogP contribution in [0.5, 0.6) is 0 Å². The fourth-order valence-electron chi connectivity index (χ4n) is 9.72. The highest BCUT2D eigenvalue weighted by Crippen LogP contribution is 2.45. The Morgan fingerprint density at radius 2 is 0.597 bits per heavy atom. The lowest BCUT2D eigenvalue weighted by Crippen LogP contribution is -1.92. The van der Waals surface area contributed by atoms with Crippen molar-refractivity contribution in [2.75, 3.05) is 0 Å². The van der Waals surface area contributed by atoms with Gasteiger partial charge in [-0.1, -0.05) is 121 Å². The van der Waals surface area contributed by atoms with Crippen LogP contribution in [0.15, 0.2) is 200 Å². The molecule has 16 bridgehead atoms. The molecule has 0 radical (unpaired) electrons. The summed E-state index contributed by atoms with van der Waals surface area (Å²) in [5.74, 6) is 0. The van der Waals surface area contributed by atoms with Crippen molar-refractivity contribution in [3.05, 3.63) is 251 Å². The van der Waals surface area contributed by atoms with Gasteiger partial charge in [-0.15, -0.1) is 0 Å². The van der Waals surface area contributed by atoms with Gasteiger partial charge in [-0.05, 0) is 144 Å². The number of aromatic nitrogens is 8. The summed E-state index contributed by atoms with van der Waals surface area (Å²) in [6.45, 7) is 0. The van der Waals surface area contributed by atoms with Crippen LogP contribution in [0.1, 0.15) is 51.1 Å². The average Bonchev–Trinajstić information content (AvgIpc) is 4.28. The molecule has 14 rings (SSSR count). The molecule has 10 aromatic rings. The Morgan fingerprint density at radius 3 is 1.00 bits per heavy atom. The van der Waals surface area contributed by atoms with Crippen LogP contribution in [0, 0.1) is 0 Å². The largest absolute Gasteiger partial charge is 0.355 e. The highest BCUT2D eigenvalue weighted by atomic mass is 14.8. The van der Waals surface area contributed by atoms with E-state index in [2.05, 4.69) is 224 Å². The minimum Gasteiger partial charge on any atom is -0.355 e. The minimum absolute atomic E-state index is 0.884. The van der Waals surface area contributed by atoms with Gasteiger partial charge in [-0.25, -0.2) is 19.9 Å². The van der Waals surface area contributed by atoms with Crippen molar-refractivity contribution < 1.29 is 0 Å². The third-order valence-electron chi connectivity index (χ3n) is 12.9. The van der Waals surface area contributed by atoms with E-state index >= 15 is 0 Å². The van der Waals surface area contributed by atoms with Crippen LogP contribution in [0.3, 0.4) is 0 Å². The van der Waals surface area contributed by atoms with Crippen LogP contribution in [-0.2, 0) is 0 Å². The monoisotopic (exact) mass is 924 g/mol. The van der Waals surface area contributed by atoms with E-state index in [1.54, 1.807) is 0 Å². The maximum atomic E-state index is 5.42. The summed E-state index contributed by atoms with van der Waals surface area (Å²) in [5.41, 5.74) is 24.2. The quantitative estimate of drug-likeness (QED) is 0.141. The van der Waals surface area contributed by atoms with Gasteiger partial charge in [0.15, 0.2) is 0 Å². The van der Waals surface area contributed by atoms with E-state index in [9.17, 15) is 0 Å². The van der Waals surface area contributed by atoms with Gasteiger partial charge in [0.2, 0.25) is 0 Å². The van der Waals surface area contributed by atoms with Crippen molar-refractivity contribution in [3.8, 4) is 33.4 Å². The van der Waals surface area contributed by atoms with Gasteiger partial charge >= 0.3 is 0 Å². The van der Waals surface area contributed by atoms with E-state index in [1.165, 1.54) is 0 Å². The molecular formula is C64H44N8. The summed E-state index contributed by atoms with van der Waals surface area (Å²) in [5, 5.41) is 0. The standard InChI is InChI=1S/C44H30N4.C20H14N4/c1-5-13-29(14-6-1)38-27-37-26-35-22-21-33(45-35)25-34-23-24-36(46-34)28-39-40(30-15-7-2-8-16-30)41(31-17-9-3-10-18-31)44(48-39)42(43(38)47-37)32-19-11-4-12-20-32;1-2-14-10-16-5-6-18(23-16)12-20-8-7-19(24-20)11-17-4-3-15(22-17)9-13(1)21-14/h1-28,45,48H;1-12,21,24H. The van der Waals surface area contributed by atoms with Crippen LogP contribution in [0.4, 0.5) is 0 Å². The minimum atomic E-state index is 0.884. The van der Waals surface area contributed by atoms with Crippen molar-refractivity contribution in [1.29, 1.82) is 0 Å². The first-order valence-electron chi connectivity index (χ1n) is 24.0. The predicted octanol–water partition coefficient (Wildman–Crippen LogP) is 15.7. The Kier molecular flexibility index (Phi) is 10.7. The lowest BCUT2D eigenvalue weighted by Gasteiger charge is -2.12. The average molecular weight is 925 g/mol. The fourth-order valence-corrected chi connectivity index (χ4v) is 9.72. The summed E-state index contributed by atoms with van der Waals surface area (Å²) >= 11 is 0. The molecule has 6 aromatic heterocycles. The summed E-state index contributed by atoms with van der Waals surface area (Å²) in [6, 6.07) is 69.4. The van der Waals surface area contributed by atoms with Crippen molar-refractivity contribution >= 4 is 92.2 Å². The Labute approximate surface area is 414 Å². The smallest absolute Gasteiger partial charge is 0.0815 e. The fraction of sp³-hybridized carbons (Fsp3) is 0. The van der Waals surface area contributed by atoms with Gasteiger partial charge in [0.25, 0.3) is 0 Å². The molecule has 4 aromatic carbocycles. The van der Waals surface area contributed by atoms with Gasteiger partial charge in [-0.3, -0.25) is 0 Å². The molecule has 0 fully saturated rings. The summed E-state index contributed by atoms with van der Waals surface area (Å²) in [7, 11) is 0. The number of nitrogens with zero attached hydrogens (tertiary/aromatic N) is 4. The van der Waals surface area contributed by atoms with Gasteiger partial charge in [-0.2, -0.15) is 0 Å². The molecule has 0 spiro atoms. The molecule has 4 N–H and O–H groups in total. The molecule has 0 amide bonds. The first-order chi connectivity index (χ1) is 35.6. The highest BCUT2D eigenvalue weighted by molar-refractivity contribution is 6.11. The van der Waals surface area contributed by atoms with Gasteiger partial charge in [0.1, 0.15) is 0 Å². The van der Waals surface area contributed by atoms with Gasteiger partial charge in [0, 0.05) is 60.9 Å². The van der Waals surface area contributed by atoms with E-state index in [1.807, 2.05) is 48.6 Å². The van der Waals surface area contributed by atoms with Crippen LogP contribution in [-0.4, -0.2) is 39.9 Å². The van der Waals surface area contributed by atoms with Crippen LogP contribution < -0.4 is 0 Å². The molecular weight excluding hydrogens is 881 g/mol. The second-order valence-electron chi connectivity index (χ2n) is 17.9. The molecule has 0 unspecified atom stereocenters. The molecule has 4 aliphatic heterocycles. The topological polar surface area (TPSA) is 115 Å². The Balaban J connectivity index is 0.000000175. The zero-order valence-electron chi connectivity index (χ0n) is 38.9. The third-order valence-corrected chi connectivity index (χ3v) is 12.9. The molecule has 8 nitrogen and oxygen atoms in total. The van der Waals surface area contributed by atoms with Crippen molar-refractivity contribution in [1.82, 2.24) is 39.9 Å². The van der Waals surface area contributed by atoms with Gasteiger partial charge < -0.3 is 19.9 Å². The number of benzene rings is 4. The summed E-state index contributed by atoms with van der Waals surface area (Å²) in [4.78, 5) is 34.0. The van der Waals surface area contributed by atoms with Crippen molar-refractivity contribution in [2.24, 2.45) is 0 Å². The van der Waals surface area contributed by atoms with E-state index in [0.29, 0.717) is 0 Å². The second kappa shape index (κ2) is 18.2. The van der Waals surface area contributed by atoms with Crippen LogP contribution in [0.25, 0.3) is 126 Å². The Hall–Kier alpha value is -9.92. The molecule has 0 saturated carbocycles. The third kappa shape index (κ3) is 8.61. The number of aromatic amines is 4. The predicted molar refractivity (Wildman–Crippen MR) is 299 cm³/mol. The maximum absolute atomic E-state index is 5.42. The van der Waals surface area contributed by atoms with E-state index in [0.717, 1.165) is 134 Å². The van der Waals surface area contributed by atoms with Crippen LogP contribution in [0.2, 0.25) is 0 Å². The molecule has 0 atom stereocenters. The van der Waals surface area contributed by atoms with Crippen LogP contribution >= 0.6 is 0 Å². The lowest BCUT2D eigenvalue weighted by molar-refractivity contribution is 1.30. The molecule has 4 aliphatic rings. The SMILES string of the molecule is C1=Cc2cc3[nH]c(c(-c4ccccc4)c4nc(cc5ccc(cc1n2)[nH]5)C=C4c1ccccc1)c(-c1ccccc1)c3-c1ccccc1.C1=Cc2cc3ccc(cc4nc(cc5ccc(cc1n2)[nH]5)C=C4)[nH]3. The molecule has 8 heteroatoms. The van der Waals surface area contributed by atoms with Crippen molar-refractivity contribution in [2.45, 2.75) is 0 Å². The second-order valence-corrected chi connectivity index (χ2v) is 17.9. The number of fused-ring (bicyclic) bond motifs is 16. The number of hydrogen-bond donors (Lipinski definition) is 4. The molecule has 10 heterocycles. The zero-order valence-corrected chi connectivity index (χ0v) is 38.9.